The molecule has 3 aromatic rings. The second-order valence-corrected chi connectivity index (χ2v) is 5.34. The highest BCUT2D eigenvalue weighted by atomic mass is 35.5. The lowest BCUT2D eigenvalue weighted by Gasteiger charge is -2.10. The third kappa shape index (κ3) is 2.60. The smallest absolute Gasteiger partial charge is 0.372 e. The molecular weight excluding hydrogens is 313 g/mol. The third-order valence-corrected chi connectivity index (χ3v) is 3.76. The minimum atomic E-state index is -0.727. The highest BCUT2D eigenvalue weighted by molar-refractivity contribution is 6.33. The van der Waals surface area contributed by atoms with E-state index < -0.39 is 11.4 Å². The standard InChI is InChI=1S/C15H9Cl2NO3/c16-10-5-6-12(17)9(7-10)8-18-13-4-2-1-3-11(13)14(19)21-15(18)20/h1-7H,8H2. The lowest BCUT2D eigenvalue weighted by molar-refractivity contribution is 0.425. The van der Waals surface area contributed by atoms with E-state index in [-0.39, 0.29) is 6.54 Å². The fraction of sp³-hybridized carbons (Fsp3) is 0.0667. The molecule has 0 unspecified atom stereocenters. The molecule has 6 heteroatoms. The van der Waals surface area contributed by atoms with Gasteiger partial charge in [-0.3, -0.25) is 4.57 Å². The van der Waals surface area contributed by atoms with Crippen molar-refractivity contribution in [2.75, 3.05) is 0 Å². The molecule has 0 spiro atoms. The van der Waals surface area contributed by atoms with Crippen molar-refractivity contribution in [3.05, 3.63) is 79.0 Å². The van der Waals surface area contributed by atoms with Gasteiger partial charge < -0.3 is 4.42 Å². The Kier molecular flexibility index (Phi) is 3.57. The second-order valence-electron chi connectivity index (χ2n) is 4.49. The first-order chi connectivity index (χ1) is 10.1. The number of benzene rings is 2. The lowest BCUT2D eigenvalue weighted by atomic mass is 10.2. The van der Waals surface area contributed by atoms with Gasteiger partial charge in [0, 0.05) is 10.0 Å². The highest BCUT2D eigenvalue weighted by Crippen LogP contribution is 2.22. The van der Waals surface area contributed by atoms with Gasteiger partial charge in [0.25, 0.3) is 0 Å². The molecule has 0 atom stereocenters. The van der Waals surface area contributed by atoms with Crippen LogP contribution in [0.4, 0.5) is 0 Å². The Hall–Kier alpha value is -2.04. The largest absolute Gasteiger partial charge is 0.422 e. The monoisotopic (exact) mass is 321 g/mol. The summed E-state index contributed by atoms with van der Waals surface area (Å²) in [6.45, 7) is 0.169. The minimum Gasteiger partial charge on any atom is -0.372 e. The summed E-state index contributed by atoms with van der Waals surface area (Å²) in [5.41, 5.74) is 0.518. The predicted octanol–water partition coefficient (Wildman–Crippen LogP) is 3.31. The van der Waals surface area contributed by atoms with E-state index in [1.165, 1.54) is 4.57 Å². The Morgan fingerprint density at radius 3 is 2.62 bits per heavy atom. The molecule has 0 amide bonds. The van der Waals surface area contributed by atoms with Gasteiger partial charge >= 0.3 is 11.4 Å². The second kappa shape index (κ2) is 5.39. The van der Waals surface area contributed by atoms with E-state index in [0.717, 1.165) is 0 Å². The fourth-order valence-electron chi connectivity index (χ4n) is 2.15. The lowest BCUT2D eigenvalue weighted by Crippen LogP contribution is -2.25. The van der Waals surface area contributed by atoms with E-state index in [4.69, 9.17) is 27.6 Å². The molecule has 21 heavy (non-hydrogen) atoms. The van der Waals surface area contributed by atoms with Crippen molar-refractivity contribution in [2.24, 2.45) is 0 Å². The predicted molar refractivity (Wildman–Crippen MR) is 82.3 cm³/mol. The van der Waals surface area contributed by atoms with Crippen LogP contribution < -0.4 is 11.4 Å². The number of aromatic nitrogens is 1. The first kappa shape index (κ1) is 13.9. The molecular formula is C15H9Cl2NO3. The molecule has 0 aliphatic heterocycles. The maximum Gasteiger partial charge on any atom is 0.422 e. The normalized spacial score (nSPS) is 11.0. The third-order valence-electron chi connectivity index (χ3n) is 3.15. The molecule has 0 aliphatic carbocycles. The Balaban J connectivity index is 2.24. The van der Waals surface area contributed by atoms with Crippen LogP contribution >= 0.6 is 23.2 Å². The molecule has 0 aliphatic rings. The quantitative estimate of drug-likeness (QED) is 0.727. The number of fused-ring (bicyclic) bond motifs is 1. The number of hydrogen-bond donors (Lipinski definition) is 0. The van der Waals surface area contributed by atoms with Crippen molar-refractivity contribution in [2.45, 2.75) is 6.54 Å². The summed E-state index contributed by atoms with van der Waals surface area (Å²) in [6, 6.07) is 11.8. The van der Waals surface area contributed by atoms with E-state index >= 15 is 0 Å². The van der Waals surface area contributed by atoms with Crippen LogP contribution in [0.15, 0.2) is 56.5 Å². The van der Waals surface area contributed by atoms with Gasteiger partial charge in [0.2, 0.25) is 0 Å². The van der Waals surface area contributed by atoms with Crippen LogP contribution in [0.5, 0.6) is 0 Å². The van der Waals surface area contributed by atoms with Gasteiger partial charge in [0.05, 0.1) is 17.4 Å². The first-order valence-electron chi connectivity index (χ1n) is 6.13. The number of rotatable bonds is 2. The van der Waals surface area contributed by atoms with Crippen LogP contribution in [0.3, 0.4) is 0 Å². The van der Waals surface area contributed by atoms with Gasteiger partial charge in [-0.1, -0.05) is 35.3 Å². The average Bonchev–Trinajstić information content (AvgIpc) is 2.47. The highest BCUT2D eigenvalue weighted by Gasteiger charge is 2.11. The van der Waals surface area contributed by atoms with Crippen LogP contribution in [-0.4, -0.2) is 4.57 Å². The number of nitrogens with zero attached hydrogens (tertiary/aromatic N) is 1. The van der Waals surface area contributed by atoms with Crippen molar-refractivity contribution in [3.8, 4) is 0 Å². The Bertz CT molecular complexity index is 944. The topological polar surface area (TPSA) is 52.2 Å². The minimum absolute atomic E-state index is 0.169. The van der Waals surface area contributed by atoms with Gasteiger partial charge in [-0.2, -0.15) is 0 Å². The van der Waals surface area contributed by atoms with Crippen molar-refractivity contribution < 1.29 is 4.42 Å². The molecule has 0 radical (unpaired) electrons. The van der Waals surface area contributed by atoms with Gasteiger partial charge in [-0.05, 0) is 35.9 Å². The van der Waals surface area contributed by atoms with Crippen LogP contribution in [0.1, 0.15) is 5.56 Å². The zero-order valence-corrected chi connectivity index (χ0v) is 12.2. The Morgan fingerprint density at radius 2 is 1.81 bits per heavy atom. The summed E-state index contributed by atoms with van der Waals surface area (Å²) >= 11 is 12.1. The molecule has 2 aromatic carbocycles. The van der Waals surface area contributed by atoms with E-state index in [2.05, 4.69) is 0 Å². The van der Waals surface area contributed by atoms with Gasteiger partial charge in [-0.25, -0.2) is 9.59 Å². The van der Waals surface area contributed by atoms with Crippen LogP contribution in [-0.2, 0) is 6.54 Å². The average molecular weight is 322 g/mol. The van der Waals surface area contributed by atoms with Crippen molar-refractivity contribution in [1.29, 1.82) is 0 Å². The SMILES string of the molecule is O=c1oc(=O)n(Cc2cc(Cl)ccc2Cl)c2ccccc12. The first-order valence-corrected chi connectivity index (χ1v) is 6.88. The van der Waals surface area contributed by atoms with Crippen molar-refractivity contribution in [3.63, 3.8) is 0 Å². The summed E-state index contributed by atoms with van der Waals surface area (Å²) in [7, 11) is 0. The molecule has 0 fully saturated rings. The molecule has 4 nitrogen and oxygen atoms in total. The van der Waals surface area contributed by atoms with E-state index in [1.807, 2.05) is 0 Å². The molecule has 0 saturated carbocycles. The Labute approximate surface area is 129 Å². The Morgan fingerprint density at radius 1 is 1.05 bits per heavy atom. The maximum atomic E-state index is 12.0. The molecule has 1 aromatic heterocycles. The number of halogens is 2. The van der Waals surface area contributed by atoms with Gasteiger partial charge in [0.1, 0.15) is 0 Å². The molecule has 0 saturated heterocycles. The van der Waals surface area contributed by atoms with Crippen molar-refractivity contribution in [1.82, 2.24) is 4.57 Å². The summed E-state index contributed by atoms with van der Waals surface area (Å²) in [5.74, 6) is -0.727. The summed E-state index contributed by atoms with van der Waals surface area (Å²) in [5, 5.41) is 1.35. The molecule has 0 N–H and O–H groups in total. The zero-order valence-electron chi connectivity index (χ0n) is 10.7. The molecule has 3 rings (SSSR count). The number of para-hydroxylation sites is 1. The van der Waals surface area contributed by atoms with Gasteiger partial charge in [0.15, 0.2) is 0 Å². The van der Waals surface area contributed by atoms with Gasteiger partial charge in [-0.15, -0.1) is 0 Å². The zero-order chi connectivity index (χ0) is 15.0. The molecule has 0 bridgehead atoms. The fourth-order valence-corrected chi connectivity index (χ4v) is 2.53. The summed E-state index contributed by atoms with van der Waals surface area (Å²) in [4.78, 5) is 23.7. The maximum absolute atomic E-state index is 12.0. The van der Waals surface area contributed by atoms with Crippen LogP contribution in [0.25, 0.3) is 10.9 Å². The summed E-state index contributed by atoms with van der Waals surface area (Å²) < 4.78 is 6.10. The van der Waals surface area contributed by atoms with E-state index in [1.54, 1.807) is 42.5 Å². The van der Waals surface area contributed by atoms with E-state index in [9.17, 15) is 9.59 Å². The molecule has 1 heterocycles. The molecule has 106 valence electrons. The van der Waals surface area contributed by atoms with E-state index in [0.29, 0.717) is 26.5 Å². The van der Waals surface area contributed by atoms with Crippen molar-refractivity contribution >= 4 is 34.1 Å². The summed E-state index contributed by atoms with van der Waals surface area (Å²) in [6.07, 6.45) is 0. The van der Waals surface area contributed by atoms with Crippen LogP contribution in [0, 0.1) is 0 Å². The number of hydrogen-bond acceptors (Lipinski definition) is 3. The van der Waals surface area contributed by atoms with Crippen LogP contribution in [0.2, 0.25) is 10.0 Å².